The van der Waals surface area contributed by atoms with Crippen molar-refractivity contribution in [2.45, 2.75) is 19.4 Å². The van der Waals surface area contributed by atoms with E-state index in [1.807, 2.05) is 24.3 Å². The van der Waals surface area contributed by atoms with Crippen LogP contribution in [-0.2, 0) is 19.1 Å². The molecule has 0 saturated carbocycles. The molecule has 0 radical (unpaired) electrons. The Balaban J connectivity index is 1.41. The number of esters is 1. The van der Waals surface area contributed by atoms with Crippen LogP contribution >= 0.6 is 11.6 Å². The molecule has 1 unspecified atom stereocenters. The van der Waals surface area contributed by atoms with Crippen molar-refractivity contribution < 1.29 is 28.3 Å². The van der Waals surface area contributed by atoms with Crippen molar-refractivity contribution in [2.75, 3.05) is 19.0 Å². The van der Waals surface area contributed by atoms with Crippen molar-refractivity contribution in [1.82, 2.24) is 5.32 Å². The van der Waals surface area contributed by atoms with Gasteiger partial charge in [-0.3, -0.25) is 14.4 Å². The summed E-state index contributed by atoms with van der Waals surface area (Å²) in [6.45, 7) is 0.849. The number of furan rings is 1. The van der Waals surface area contributed by atoms with Gasteiger partial charge in [-0.1, -0.05) is 41.9 Å². The third-order valence-corrected chi connectivity index (χ3v) is 5.61. The number of hydrogen-bond donors (Lipinski definition) is 2. The summed E-state index contributed by atoms with van der Waals surface area (Å²) in [7, 11) is 1.50. The van der Waals surface area contributed by atoms with Gasteiger partial charge in [0, 0.05) is 28.8 Å². The van der Waals surface area contributed by atoms with Crippen LogP contribution in [0.4, 0.5) is 5.69 Å². The molecule has 1 atom stereocenters. The monoisotopic (exact) mass is 494 g/mol. The highest BCUT2D eigenvalue weighted by atomic mass is 35.5. The molecule has 1 aromatic heterocycles. The molecule has 2 amide bonds. The lowest BCUT2D eigenvalue weighted by Crippen LogP contribution is -2.29. The highest BCUT2D eigenvalue weighted by Gasteiger charge is 2.20. The zero-order valence-corrected chi connectivity index (χ0v) is 19.8. The summed E-state index contributed by atoms with van der Waals surface area (Å²) >= 11 is 5.91. The first-order chi connectivity index (χ1) is 16.8. The number of carbonyl (C=O) groups excluding carboxylic acids is 3. The molecule has 3 aromatic carbocycles. The van der Waals surface area contributed by atoms with Crippen LogP contribution in [0.15, 0.2) is 65.1 Å². The van der Waals surface area contributed by atoms with E-state index in [-0.39, 0.29) is 12.3 Å². The molecule has 2 N–H and O–H groups in total. The highest BCUT2D eigenvalue weighted by Crippen LogP contribution is 2.36. The summed E-state index contributed by atoms with van der Waals surface area (Å²) in [6.07, 6.45) is -0.150. The fraction of sp³-hybridized carbons (Fsp3) is 0.192. The number of benzene rings is 3. The number of nitrogens with one attached hydrogen (secondary N) is 2. The Morgan fingerprint density at radius 1 is 1.00 bits per heavy atom. The Morgan fingerprint density at radius 2 is 1.74 bits per heavy atom. The molecule has 8 nitrogen and oxygen atoms in total. The van der Waals surface area contributed by atoms with Crippen molar-refractivity contribution in [3.8, 4) is 5.75 Å². The van der Waals surface area contributed by atoms with E-state index in [2.05, 4.69) is 10.6 Å². The molecule has 180 valence electrons. The third kappa shape index (κ3) is 5.73. The molecule has 0 spiro atoms. The molecule has 0 aliphatic carbocycles. The average Bonchev–Trinajstić information content (AvgIpc) is 3.19. The summed E-state index contributed by atoms with van der Waals surface area (Å²) in [4.78, 5) is 36.5. The molecular weight excluding hydrogens is 472 g/mol. The van der Waals surface area contributed by atoms with Gasteiger partial charge < -0.3 is 24.5 Å². The number of fused-ring (bicyclic) bond motifs is 3. The average molecular weight is 495 g/mol. The van der Waals surface area contributed by atoms with E-state index < -0.39 is 24.5 Å². The van der Waals surface area contributed by atoms with Gasteiger partial charge in [0.1, 0.15) is 16.9 Å². The molecule has 9 heteroatoms. The van der Waals surface area contributed by atoms with Crippen molar-refractivity contribution in [2.24, 2.45) is 0 Å². The number of para-hydroxylation sites is 1. The van der Waals surface area contributed by atoms with Crippen molar-refractivity contribution in [1.29, 1.82) is 0 Å². The SMILES string of the molecule is COc1cc2c(cc1NC(=O)COC(=O)CC(NC(C)=O)c1ccc(Cl)cc1)oc1ccccc12. The van der Waals surface area contributed by atoms with Gasteiger partial charge in [-0.15, -0.1) is 0 Å². The van der Waals surface area contributed by atoms with Gasteiger partial charge in [0.15, 0.2) is 6.61 Å². The number of methoxy groups -OCH3 is 1. The van der Waals surface area contributed by atoms with E-state index in [1.165, 1.54) is 14.0 Å². The van der Waals surface area contributed by atoms with E-state index in [1.54, 1.807) is 36.4 Å². The summed E-state index contributed by atoms with van der Waals surface area (Å²) in [5, 5.41) is 7.72. The van der Waals surface area contributed by atoms with Crippen LogP contribution in [0.1, 0.15) is 24.9 Å². The fourth-order valence-corrected chi connectivity index (χ4v) is 3.89. The standard InChI is InChI=1S/C26H23ClN2O6/c1-15(30)28-20(16-7-9-17(27)10-8-16)13-26(32)34-14-25(31)29-21-12-23-19(11-24(21)33-2)18-5-3-4-6-22(18)35-23/h3-12,20H,13-14H2,1-2H3,(H,28,30)(H,29,31). The summed E-state index contributed by atoms with van der Waals surface area (Å²) < 4.78 is 16.4. The van der Waals surface area contributed by atoms with Gasteiger partial charge in [-0.05, 0) is 29.8 Å². The van der Waals surface area contributed by atoms with Crippen molar-refractivity contribution in [3.63, 3.8) is 0 Å². The van der Waals surface area contributed by atoms with Crippen LogP contribution in [0.5, 0.6) is 5.75 Å². The maximum atomic E-state index is 12.5. The summed E-state index contributed by atoms with van der Waals surface area (Å²) in [5.41, 5.74) is 2.38. The molecule has 35 heavy (non-hydrogen) atoms. The first-order valence-corrected chi connectivity index (χ1v) is 11.2. The minimum absolute atomic E-state index is 0.150. The lowest BCUT2D eigenvalue weighted by Gasteiger charge is -2.18. The second-order valence-corrected chi connectivity index (χ2v) is 8.30. The van der Waals surface area contributed by atoms with Crippen LogP contribution in [0, 0.1) is 0 Å². The van der Waals surface area contributed by atoms with E-state index >= 15 is 0 Å². The molecule has 0 aliphatic rings. The van der Waals surface area contributed by atoms with Crippen LogP contribution in [0.3, 0.4) is 0 Å². The number of amides is 2. The molecule has 4 rings (SSSR count). The smallest absolute Gasteiger partial charge is 0.308 e. The van der Waals surface area contributed by atoms with Crippen LogP contribution in [0.2, 0.25) is 5.02 Å². The first kappa shape index (κ1) is 24.1. The van der Waals surface area contributed by atoms with E-state index in [0.29, 0.717) is 27.6 Å². The Labute approximate surface area is 206 Å². The van der Waals surface area contributed by atoms with E-state index in [4.69, 9.17) is 25.5 Å². The van der Waals surface area contributed by atoms with Gasteiger partial charge in [-0.25, -0.2) is 0 Å². The number of carbonyl (C=O) groups is 3. The normalized spacial score (nSPS) is 11.7. The Hall–Kier alpha value is -4.04. The Morgan fingerprint density at radius 3 is 2.46 bits per heavy atom. The van der Waals surface area contributed by atoms with E-state index in [9.17, 15) is 14.4 Å². The number of ether oxygens (including phenoxy) is 2. The van der Waals surface area contributed by atoms with Crippen molar-refractivity contribution >= 4 is 57.0 Å². The third-order valence-electron chi connectivity index (χ3n) is 5.36. The van der Waals surface area contributed by atoms with Crippen LogP contribution < -0.4 is 15.4 Å². The number of hydrogen-bond acceptors (Lipinski definition) is 6. The van der Waals surface area contributed by atoms with E-state index in [0.717, 1.165) is 16.4 Å². The molecule has 1 heterocycles. The zero-order chi connectivity index (χ0) is 24.9. The lowest BCUT2D eigenvalue weighted by atomic mass is 10.0. The minimum Gasteiger partial charge on any atom is -0.495 e. The summed E-state index contributed by atoms with van der Waals surface area (Å²) in [6, 6.07) is 17.2. The van der Waals surface area contributed by atoms with Gasteiger partial charge in [0.2, 0.25) is 5.91 Å². The topological polar surface area (TPSA) is 107 Å². The molecule has 0 fully saturated rings. The largest absolute Gasteiger partial charge is 0.495 e. The second-order valence-electron chi connectivity index (χ2n) is 7.86. The Bertz CT molecular complexity index is 1400. The highest BCUT2D eigenvalue weighted by molar-refractivity contribution is 6.30. The number of rotatable bonds is 8. The molecule has 0 aliphatic heterocycles. The molecule has 0 saturated heterocycles. The van der Waals surface area contributed by atoms with Gasteiger partial charge >= 0.3 is 5.97 Å². The van der Waals surface area contributed by atoms with Crippen LogP contribution in [0.25, 0.3) is 21.9 Å². The van der Waals surface area contributed by atoms with Gasteiger partial charge in [0.05, 0.1) is 25.3 Å². The zero-order valence-electron chi connectivity index (χ0n) is 19.1. The fourth-order valence-electron chi connectivity index (χ4n) is 3.77. The van der Waals surface area contributed by atoms with Gasteiger partial charge in [0.25, 0.3) is 5.91 Å². The van der Waals surface area contributed by atoms with Crippen molar-refractivity contribution in [3.05, 3.63) is 71.2 Å². The molecular formula is C26H23ClN2O6. The molecule has 0 bridgehead atoms. The predicted octanol–water partition coefficient (Wildman–Crippen LogP) is 5.00. The summed E-state index contributed by atoms with van der Waals surface area (Å²) in [5.74, 6) is -1.05. The minimum atomic E-state index is -0.645. The number of halogens is 1. The first-order valence-electron chi connectivity index (χ1n) is 10.8. The maximum Gasteiger partial charge on any atom is 0.308 e. The maximum absolute atomic E-state index is 12.5. The second kappa shape index (κ2) is 10.5. The quantitative estimate of drug-likeness (QED) is 0.334. The van der Waals surface area contributed by atoms with Gasteiger partial charge in [-0.2, -0.15) is 0 Å². The van der Waals surface area contributed by atoms with Crippen LogP contribution in [-0.4, -0.2) is 31.5 Å². The Kier molecular flexibility index (Phi) is 7.22. The molecule has 4 aromatic rings. The lowest BCUT2D eigenvalue weighted by molar-refractivity contribution is -0.148. The number of anilines is 1. The predicted molar refractivity (Wildman–Crippen MR) is 132 cm³/mol.